The molecule has 0 amide bonds. The van der Waals surface area contributed by atoms with Gasteiger partial charge >= 0.3 is 5.97 Å². The minimum absolute atomic E-state index is 0.144. The van der Waals surface area contributed by atoms with Crippen LogP contribution in [-0.2, 0) is 9.53 Å². The molecule has 0 saturated carbocycles. The second-order valence-corrected chi connectivity index (χ2v) is 5.90. The van der Waals surface area contributed by atoms with Crippen molar-refractivity contribution in [2.24, 2.45) is 5.92 Å². The Bertz CT molecular complexity index is 257. The van der Waals surface area contributed by atoms with Gasteiger partial charge in [0.25, 0.3) is 0 Å². The minimum Gasteiger partial charge on any atom is -0.479 e. The molecule has 1 spiro atoms. The van der Waals surface area contributed by atoms with Gasteiger partial charge in [-0.2, -0.15) is 11.8 Å². The van der Waals surface area contributed by atoms with E-state index in [1.54, 1.807) is 0 Å². The fourth-order valence-corrected chi connectivity index (χ4v) is 3.87. The van der Waals surface area contributed by atoms with Gasteiger partial charge in [-0.3, -0.25) is 0 Å². The third-order valence-electron chi connectivity index (χ3n) is 3.63. The zero-order valence-electron chi connectivity index (χ0n) is 9.22. The number of thioether (sulfide) groups is 1. The molecule has 2 rings (SSSR count). The summed E-state index contributed by atoms with van der Waals surface area (Å²) in [6.45, 7) is 0.583. The van der Waals surface area contributed by atoms with Gasteiger partial charge in [0.15, 0.2) is 6.10 Å². The Kier molecular flexibility index (Phi) is 3.77. The first-order chi connectivity index (χ1) is 7.63. The number of hydrogen-bond donors (Lipinski definition) is 2. The van der Waals surface area contributed by atoms with Crippen molar-refractivity contribution in [3.8, 4) is 0 Å². The van der Waals surface area contributed by atoms with Crippen LogP contribution in [0.2, 0.25) is 0 Å². The highest BCUT2D eigenvalue weighted by atomic mass is 32.2. The summed E-state index contributed by atoms with van der Waals surface area (Å²) in [7, 11) is 0. The molecule has 4 nitrogen and oxygen atoms in total. The molecule has 2 N–H and O–H groups in total. The Labute approximate surface area is 99.4 Å². The molecule has 2 atom stereocenters. The van der Waals surface area contributed by atoms with E-state index in [-0.39, 0.29) is 11.5 Å². The smallest absolute Gasteiger partial charge is 0.332 e. The van der Waals surface area contributed by atoms with E-state index in [0.717, 1.165) is 24.3 Å². The lowest BCUT2D eigenvalue weighted by Gasteiger charge is -2.43. The summed E-state index contributed by atoms with van der Waals surface area (Å²) in [6.07, 6.45) is 2.10. The number of aliphatic hydroxyl groups is 1. The summed E-state index contributed by atoms with van der Waals surface area (Å²) in [5.41, 5.74) is -0.148. The van der Waals surface area contributed by atoms with Crippen molar-refractivity contribution in [1.29, 1.82) is 0 Å². The topological polar surface area (TPSA) is 66.8 Å². The van der Waals surface area contributed by atoms with Crippen molar-refractivity contribution in [3.05, 3.63) is 0 Å². The monoisotopic (exact) mass is 246 g/mol. The van der Waals surface area contributed by atoms with Gasteiger partial charge in [0.05, 0.1) is 5.60 Å². The molecule has 5 heteroatoms. The van der Waals surface area contributed by atoms with E-state index in [9.17, 15) is 9.90 Å². The molecule has 2 aliphatic rings. The summed E-state index contributed by atoms with van der Waals surface area (Å²) >= 11 is 1.92. The molecule has 0 aromatic rings. The highest BCUT2D eigenvalue weighted by Gasteiger charge is 2.42. The highest BCUT2D eigenvalue weighted by molar-refractivity contribution is 7.99. The van der Waals surface area contributed by atoms with Gasteiger partial charge < -0.3 is 14.9 Å². The number of aliphatic hydroxyl groups excluding tert-OH is 1. The largest absolute Gasteiger partial charge is 0.479 e. The fourth-order valence-electron chi connectivity index (χ4n) is 2.63. The van der Waals surface area contributed by atoms with E-state index in [1.807, 2.05) is 11.8 Å². The third-order valence-corrected chi connectivity index (χ3v) is 4.62. The Morgan fingerprint density at radius 3 is 2.75 bits per heavy atom. The predicted molar refractivity (Wildman–Crippen MR) is 61.6 cm³/mol. The first-order valence-corrected chi connectivity index (χ1v) is 6.91. The SMILES string of the molecule is O=C(O)C(O)C1CCOC2(CCSCC2)C1. The predicted octanol–water partition coefficient (Wildman–Crippen LogP) is 1.12. The number of carboxylic acid groups (broad SMARTS) is 1. The van der Waals surface area contributed by atoms with E-state index >= 15 is 0 Å². The van der Waals surface area contributed by atoms with Crippen LogP contribution in [0.5, 0.6) is 0 Å². The van der Waals surface area contributed by atoms with Gasteiger partial charge in [-0.05, 0) is 37.2 Å². The van der Waals surface area contributed by atoms with Crippen LogP contribution in [0.15, 0.2) is 0 Å². The maximum atomic E-state index is 10.8. The first kappa shape index (κ1) is 12.2. The van der Waals surface area contributed by atoms with Crippen LogP contribution >= 0.6 is 11.8 Å². The zero-order valence-corrected chi connectivity index (χ0v) is 10.0. The average molecular weight is 246 g/mol. The lowest BCUT2D eigenvalue weighted by molar-refractivity contribution is -0.159. The molecular weight excluding hydrogens is 228 g/mol. The van der Waals surface area contributed by atoms with Crippen LogP contribution in [0.4, 0.5) is 0 Å². The van der Waals surface area contributed by atoms with E-state index in [1.165, 1.54) is 0 Å². The van der Waals surface area contributed by atoms with Crippen LogP contribution in [-0.4, -0.2) is 46.0 Å². The van der Waals surface area contributed by atoms with Crippen molar-refractivity contribution in [2.75, 3.05) is 18.1 Å². The van der Waals surface area contributed by atoms with Gasteiger partial charge in [-0.15, -0.1) is 0 Å². The number of carbonyl (C=O) groups is 1. The van der Waals surface area contributed by atoms with Gasteiger partial charge in [0.1, 0.15) is 0 Å². The molecule has 0 aromatic carbocycles. The van der Waals surface area contributed by atoms with Crippen molar-refractivity contribution in [2.45, 2.75) is 37.4 Å². The second kappa shape index (κ2) is 4.94. The third kappa shape index (κ3) is 2.52. The average Bonchev–Trinajstić information content (AvgIpc) is 2.29. The van der Waals surface area contributed by atoms with Crippen LogP contribution in [0.1, 0.15) is 25.7 Å². The number of ether oxygens (including phenoxy) is 1. The quantitative estimate of drug-likeness (QED) is 0.764. The molecule has 16 heavy (non-hydrogen) atoms. The molecule has 2 saturated heterocycles. The Morgan fingerprint density at radius 1 is 1.44 bits per heavy atom. The summed E-state index contributed by atoms with van der Waals surface area (Å²) in [6, 6.07) is 0. The van der Waals surface area contributed by atoms with E-state index < -0.39 is 12.1 Å². The van der Waals surface area contributed by atoms with Crippen molar-refractivity contribution >= 4 is 17.7 Å². The summed E-state index contributed by atoms with van der Waals surface area (Å²) in [5.74, 6) is 0.910. The second-order valence-electron chi connectivity index (χ2n) is 4.68. The van der Waals surface area contributed by atoms with Crippen LogP contribution in [0.25, 0.3) is 0 Å². The fraction of sp³-hybridized carbons (Fsp3) is 0.909. The number of aliphatic carboxylic acids is 1. The standard InChI is InChI=1S/C11H18O4S/c12-9(10(13)14)8-1-4-15-11(7-8)2-5-16-6-3-11/h8-9,12H,1-7H2,(H,13,14). The number of carboxylic acids is 1. The molecule has 0 radical (unpaired) electrons. The summed E-state index contributed by atoms with van der Waals surface area (Å²) in [5, 5.41) is 18.4. The van der Waals surface area contributed by atoms with E-state index in [4.69, 9.17) is 9.84 Å². The molecule has 0 aliphatic carbocycles. The molecule has 2 heterocycles. The molecule has 2 unspecified atom stereocenters. The van der Waals surface area contributed by atoms with Crippen molar-refractivity contribution in [1.82, 2.24) is 0 Å². The molecule has 0 aromatic heterocycles. The summed E-state index contributed by atoms with van der Waals surface area (Å²) < 4.78 is 5.85. The van der Waals surface area contributed by atoms with Crippen LogP contribution in [0.3, 0.4) is 0 Å². The van der Waals surface area contributed by atoms with Crippen LogP contribution in [0, 0.1) is 5.92 Å². The zero-order chi connectivity index (χ0) is 11.6. The lowest BCUT2D eigenvalue weighted by atomic mass is 9.79. The molecular formula is C11H18O4S. The van der Waals surface area contributed by atoms with Gasteiger partial charge in [0, 0.05) is 12.5 Å². The lowest BCUT2D eigenvalue weighted by Crippen LogP contribution is -2.46. The Balaban J connectivity index is 2.00. The molecule has 0 bridgehead atoms. The summed E-state index contributed by atoms with van der Waals surface area (Å²) in [4.78, 5) is 10.8. The number of hydrogen-bond acceptors (Lipinski definition) is 4. The highest BCUT2D eigenvalue weighted by Crippen LogP contribution is 2.40. The van der Waals surface area contributed by atoms with Crippen LogP contribution < -0.4 is 0 Å². The van der Waals surface area contributed by atoms with Gasteiger partial charge in [0.2, 0.25) is 0 Å². The van der Waals surface area contributed by atoms with Crippen molar-refractivity contribution in [3.63, 3.8) is 0 Å². The van der Waals surface area contributed by atoms with E-state index in [0.29, 0.717) is 19.4 Å². The molecule has 92 valence electrons. The minimum atomic E-state index is -1.23. The number of rotatable bonds is 2. The first-order valence-electron chi connectivity index (χ1n) is 5.76. The Morgan fingerprint density at radius 2 is 2.12 bits per heavy atom. The molecule has 2 aliphatic heterocycles. The normalized spacial score (nSPS) is 31.2. The van der Waals surface area contributed by atoms with Gasteiger partial charge in [-0.1, -0.05) is 0 Å². The molecule has 2 fully saturated rings. The van der Waals surface area contributed by atoms with Crippen molar-refractivity contribution < 1.29 is 19.7 Å². The maximum absolute atomic E-state index is 10.8. The Hall–Kier alpha value is -0.260. The maximum Gasteiger partial charge on any atom is 0.332 e. The van der Waals surface area contributed by atoms with Gasteiger partial charge in [-0.25, -0.2) is 4.79 Å². The van der Waals surface area contributed by atoms with E-state index in [2.05, 4.69) is 0 Å².